The van der Waals surface area contributed by atoms with Gasteiger partial charge in [-0.05, 0) is 66.8 Å². The number of thiocyanates is 1. The van der Waals surface area contributed by atoms with Crippen molar-refractivity contribution in [1.29, 1.82) is 5.26 Å². The summed E-state index contributed by atoms with van der Waals surface area (Å²) in [5.74, 6) is 2.06. The van der Waals surface area contributed by atoms with Crippen molar-refractivity contribution in [3.8, 4) is 5.40 Å². The molecule has 0 saturated heterocycles. The second-order valence-corrected chi connectivity index (χ2v) is 12.7. The molecule has 15 heteroatoms. The highest BCUT2D eigenvalue weighted by Crippen LogP contribution is 2.10. The van der Waals surface area contributed by atoms with Gasteiger partial charge in [0, 0.05) is 58.7 Å². The summed E-state index contributed by atoms with van der Waals surface area (Å²) in [6.45, 7) is 10.4. The SMILES string of the molecule is CC.CO.N#CSCCCCCSCCCOCCN(CCOCCOCCN(CCO)Cc1cccc(C=O)n1)Cc1cccc(C(=O)O)n1. The number of carboxylic acids is 1. The number of aliphatic hydroxyl groups is 2. The summed E-state index contributed by atoms with van der Waals surface area (Å²) in [6, 6.07) is 10.3. The van der Waals surface area contributed by atoms with Crippen LogP contribution in [-0.4, -0.2) is 144 Å². The quantitative estimate of drug-likeness (QED) is 0.0578. The number of carbonyl (C=O) groups is 2. The van der Waals surface area contributed by atoms with Gasteiger partial charge in [0.1, 0.15) is 16.8 Å². The van der Waals surface area contributed by atoms with Gasteiger partial charge >= 0.3 is 5.97 Å². The van der Waals surface area contributed by atoms with Crippen molar-refractivity contribution in [3.63, 3.8) is 0 Å². The number of hydrogen-bond acceptors (Lipinski definition) is 14. The monoisotopic (exact) mass is 753 g/mol. The summed E-state index contributed by atoms with van der Waals surface area (Å²) in [5, 5.41) is 36.4. The number of carboxylic acid groups (broad SMARTS) is 1. The molecule has 2 rings (SSSR count). The number of nitrogens with zero attached hydrogens (tertiary/aromatic N) is 5. The summed E-state index contributed by atoms with van der Waals surface area (Å²) in [6.07, 6.45) is 5.15. The highest BCUT2D eigenvalue weighted by Gasteiger charge is 2.11. The predicted octanol–water partition coefficient (Wildman–Crippen LogP) is 4.48. The maximum Gasteiger partial charge on any atom is 0.354 e. The number of nitriles is 1. The van der Waals surface area contributed by atoms with Gasteiger partial charge in [-0.2, -0.15) is 17.0 Å². The van der Waals surface area contributed by atoms with Gasteiger partial charge in [-0.15, -0.1) is 0 Å². The van der Waals surface area contributed by atoms with Gasteiger partial charge in [0.05, 0.1) is 51.0 Å². The summed E-state index contributed by atoms with van der Waals surface area (Å²) >= 11 is 3.27. The Balaban J connectivity index is 0.00000602. The minimum Gasteiger partial charge on any atom is -0.477 e. The summed E-state index contributed by atoms with van der Waals surface area (Å²) in [5.41, 5.74) is 1.84. The predicted molar refractivity (Wildman–Crippen MR) is 204 cm³/mol. The van der Waals surface area contributed by atoms with Crippen LogP contribution in [0.1, 0.15) is 71.9 Å². The van der Waals surface area contributed by atoms with Gasteiger partial charge in [-0.3, -0.25) is 14.6 Å². The van der Waals surface area contributed by atoms with Gasteiger partial charge < -0.3 is 29.5 Å². The van der Waals surface area contributed by atoms with Gasteiger partial charge in [0.15, 0.2) is 6.29 Å². The Kier molecular flexibility index (Phi) is 33.9. The van der Waals surface area contributed by atoms with Crippen LogP contribution in [0, 0.1) is 10.7 Å². The van der Waals surface area contributed by atoms with E-state index in [9.17, 15) is 19.8 Å². The number of ether oxygens (including phenoxy) is 3. The van der Waals surface area contributed by atoms with E-state index in [1.165, 1.54) is 24.2 Å². The minimum absolute atomic E-state index is 0.0129. The van der Waals surface area contributed by atoms with Crippen molar-refractivity contribution < 1.29 is 39.1 Å². The molecule has 288 valence electrons. The van der Waals surface area contributed by atoms with Crippen LogP contribution in [0.15, 0.2) is 36.4 Å². The number of unbranched alkanes of at least 4 members (excludes halogenated alkanes) is 2. The number of aromatic carboxylic acids is 1. The molecule has 0 unspecified atom stereocenters. The van der Waals surface area contributed by atoms with Gasteiger partial charge in [-0.1, -0.05) is 32.4 Å². The molecule has 0 aromatic carbocycles. The molecular weight excluding hydrogens is 695 g/mol. The first-order valence-corrected chi connectivity index (χ1v) is 19.6. The smallest absolute Gasteiger partial charge is 0.354 e. The number of hydrogen-bond donors (Lipinski definition) is 3. The Labute approximate surface area is 313 Å². The van der Waals surface area contributed by atoms with Crippen LogP contribution < -0.4 is 0 Å². The molecule has 2 heterocycles. The maximum atomic E-state index is 11.4. The molecule has 0 atom stereocenters. The lowest BCUT2D eigenvalue weighted by Gasteiger charge is -2.22. The summed E-state index contributed by atoms with van der Waals surface area (Å²) in [7, 11) is 1.00. The molecule has 51 heavy (non-hydrogen) atoms. The van der Waals surface area contributed by atoms with Crippen LogP contribution in [-0.2, 0) is 27.3 Å². The van der Waals surface area contributed by atoms with Gasteiger partial charge in [-0.25, -0.2) is 14.8 Å². The average Bonchev–Trinajstić information content (AvgIpc) is 3.16. The fourth-order valence-electron chi connectivity index (χ4n) is 4.45. The summed E-state index contributed by atoms with van der Waals surface area (Å²) in [4.78, 5) is 35.1. The van der Waals surface area contributed by atoms with E-state index in [-0.39, 0.29) is 12.3 Å². The molecule has 0 bridgehead atoms. The average molecular weight is 754 g/mol. The molecule has 0 fully saturated rings. The lowest BCUT2D eigenvalue weighted by molar-refractivity contribution is 0.0244. The third kappa shape index (κ3) is 26.7. The number of aliphatic hydroxyl groups excluding tert-OH is 2. The van der Waals surface area contributed by atoms with Crippen molar-refractivity contribution in [2.75, 3.05) is 96.8 Å². The number of carbonyl (C=O) groups excluding carboxylic acids is 1. The maximum absolute atomic E-state index is 11.4. The molecule has 13 nitrogen and oxygen atoms in total. The molecular formula is C36H59N5O8S2. The molecule has 2 aromatic heterocycles. The van der Waals surface area contributed by atoms with E-state index >= 15 is 0 Å². The van der Waals surface area contributed by atoms with E-state index in [4.69, 9.17) is 24.6 Å². The number of thioether (sulfide) groups is 2. The highest BCUT2D eigenvalue weighted by molar-refractivity contribution is 8.03. The zero-order chi connectivity index (χ0) is 37.8. The largest absolute Gasteiger partial charge is 0.477 e. The third-order valence-corrected chi connectivity index (χ3v) is 8.64. The standard InChI is InChI=1S/C33H49N5O7S2.C2H6.CH4O/c34-28-47-23-3-1-2-22-46-24-6-16-43-17-13-38(26-30-8-5-10-32(36-30)33(41)42)14-19-45-21-20-44-18-12-37(11-15-39)25-29-7-4-9-31(27-40)35-29;2*1-2/h4-5,7-10,27,39H,1-3,6,11-26H2,(H,41,42);1-2H3;2H,1H3. The molecule has 0 aliphatic heterocycles. The molecule has 0 aliphatic carbocycles. The molecule has 0 amide bonds. The topological polar surface area (TPSA) is 179 Å². The van der Waals surface area contributed by atoms with Crippen LogP contribution in [0.25, 0.3) is 0 Å². The van der Waals surface area contributed by atoms with Crippen molar-refractivity contribution >= 4 is 35.8 Å². The van der Waals surface area contributed by atoms with Crippen molar-refractivity contribution in [2.24, 2.45) is 0 Å². The summed E-state index contributed by atoms with van der Waals surface area (Å²) < 4.78 is 17.5. The van der Waals surface area contributed by atoms with E-state index in [2.05, 4.69) is 20.3 Å². The van der Waals surface area contributed by atoms with Crippen molar-refractivity contribution in [2.45, 2.75) is 52.6 Å². The van der Waals surface area contributed by atoms with E-state index in [0.717, 1.165) is 55.6 Å². The zero-order valence-electron chi connectivity index (χ0n) is 30.6. The lowest BCUT2D eigenvalue weighted by atomic mass is 10.3. The van der Waals surface area contributed by atoms with Crippen LogP contribution in [0.2, 0.25) is 0 Å². The Morgan fingerprint density at radius 3 is 1.92 bits per heavy atom. The van der Waals surface area contributed by atoms with E-state index in [0.29, 0.717) is 90.3 Å². The first-order chi connectivity index (χ1) is 25.0. The highest BCUT2D eigenvalue weighted by atomic mass is 32.2. The first-order valence-electron chi connectivity index (χ1n) is 17.5. The van der Waals surface area contributed by atoms with Crippen LogP contribution in [0.5, 0.6) is 0 Å². The van der Waals surface area contributed by atoms with Crippen LogP contribution >= 0.6 is 23.5 Å². The molecule has 3 N–H and O–H groups in total. The van der Waals surface area contributed by atoms with E-state index in [1.54, 1.807) is 18.2 Å². The fourth-order valence-corrected chi connectivity index (χ4v) is 5.82. The Bertz CT molecular complexity index is 1180. The van der Waals surface area contributed by atoms with Crippen LogP contribution in [0.3, 0.4) is 0 Å². The normalized spacial score (nSPS) is 10.6. The van der Waals surface area contributed by atoms with Gasteiger partial charge in [0.2, 0.25) is 0 Å². The van der Waals surface area contributed by atoms with E-state index in [1.807, 2.05) is 42.6 Å². The van der Waals surface area contributed by atoms with Crippen LogP contribution in [0.4, 0.5) is 0 Å². The Morgan fingerprint density at radius 2 is 1.33 bits per heavy atom. The zero-order valence-corrected chi connectivity index (χ0v) is 32.3. The number of aldehydes is 1. The number of aromatic nitrogens is 2. The van der Waals surface area contributed by atoms with Gasteiger partial charge in [0.25, 0.3) is 0 Å². The Hall–Kier alpha value is -2.65. The first kappa shape index (κ1) is 48.3. The fraction of sp³-hybridized carbons (Fsp3) is 0.639. The second kappa shape index (κ2) is 35.7. The molecule has 0 spiro atoms. The molecule has 2 aromatic rings. The lowest BCUT2D eigenvalue weighted by Crippen LogP contribution is -2.32. The second-order valence-electron chi connectivity index (χ2n) is 10.6. The molecule has 0 saturated carbocycles. The van der Waals surface area contributed by atoms with Crippen molar-refractivity contribution in [1.82, 2.24) is 19.8 Å². The molecule has 0 aliphatic rings. The number of pyridine rings is 2. The Morgan fingerprint density at radius 1 is 0.784 bits per heavy atom. The minimum atomic E-state index is -1.05. The molecule has 0 radical (unpaired) electrons. The number of rotatable bonds is 30. The third-order valence-electron chi connectivity index (χ3n) is 6.87. The van der Waals surface area contributed by atoms with E-state index < -0.39 is 5.97 Å². The van der Waals surface area contributed by atoms with Crippen molar-refractivity contribution in [3.05, 3.63) is 59.2 Å².